The first-order chi connectivity index (χ1) is 13.9. The lowest BCUT2D eigenvalue weighted by Gasteiger charge is -2.14. The molecule has 1 amide bonds. The largest absolute Gasteiger partial charge is 0.497 e. The lowest BCUT2D eigenvalue weighted by Crippen LogP contribution is -2.26. The molecule has 2 N–H and O–H groups in total. The van der Waals surface area contributed by atoms with Crippen molar-refractivity contribution in [2.45, 2.75) is 25.2 Å². The average molecular weight is 423 g/mol. The Morgan fingerprint density at radius 2 is 1.76 bits per heavy atom. The van der Waals surface area contributed by atoms with E-state index in [1.165, 1.54) is 18.2 Å². The van der Waals surface area contributed by atoms with Crippen LogP contribution in [0.5, 0.6) is 11.5 Å². The number of hydrogen-bond donors (Lipinski definition) is 2. The minimum Gasteiger partial charge on any atom is -0.497 e. The molecular formula is C20H26N2O6S. The summed E-state index contributed by atoms with van der Waals surface area (Å²) in [7, 11) is -2.18. The summed E-state index contributed by atoms with van der Waals surface area (Å²) in [6.07, 6.45) is -0.163. The number of rotatable bonds is 10. The van der Waals surface area contributed by atoms with Gasteiger partial charge in [0.1, 0.15) is 11.5 Å². The van der Waals surface area contributed by atoms with Gasteiger partial charge in [-0.15, -0.1) is 0 Å². The summed E-state index contributed by atoms with van der Waals surface area (Å²) in [5.41, 5.74) is 1.20. The van der Waals surface area contributed by atoms with Crippen LogP contribution >= 0.6 is 0 Å². The van der Waals surface area contributed by atoms with Crippen LogP contribution < -0.4 is 19.5 Å². The molecule has 0 atom stereocenters. The molecule has 0 fully saturated rings. The fourth-order valence-corrected chi connectivity index (χ4v) is 3.60. The van der Waals surface area contributed by atoms with Crippen molar-refractivity contribution in [3.8, 4) is 11.5 Å². The normalized spacial score (nSPS) is 11.0. The third-order valence-corrected chi connectivity index (χ3v) is 5.40. The summed E-state index contributed by atoms with van der Waals surface area (Å²) in [5, 5.41) is 2.51. The number of sulfonamides is 1. The van der Waals surface area contributed by atoms with Crippen molar-refractivity contribution >= 4 is 21.8 Å². The Morgan fingerprint density at radius 1 is 1.03 bits per heavy atom. The molecule has 0 aliphatic carbocycles. The number of methoxy groups -OCH3 is 1. The molecular weight excluding hydrogens is 396 g/mol. The molecule has 0 unspecified atom stereocenters. The molecule has 0 aliphatic rings. The predicted molar refractivity (Wildman–Crippen MR) is 110 cm³/mol. The Labute approximate surface area is 171 Å². The molecule has 0 saturated heterocycles. The Balaban J connectivity index is 2.10. The van der Waals surface area contributed by atoms with Gasteiger partial charge in [-0.25, -0.2) is 17.9 Å². The van der Waals surface area contributed by atoms with E-state index in [4.69, 9.17) is 14.2 Å². The van der Waals surface area contributed by atoms with Gasteiger partial charge < -0.3 is 14.2 Å². The number of ether oxygens (including phenoxy) is 3. The van der Waals surface area contributed by atoms with Crippen LogP contribution in [0.15, 0.2) is 47.4 Å². The first-order valence-corrected chi connectivity index (χ1v) is 10.7. The van der Waals surface area contributed by atoms with Gasteiger partial charge in [0.2, 0.25) is 10.0 Å². The molecule has 0 aliphatic heterocycles. The SMILES string of the molecule is CCOC(=O)Nc1cc(S(=O)(=O)NCCc2ccc(OC)cc2)ccc1OCC. The van der Waals surface area contributed by atoms with Crippen LogP contribution in [0.25, 0.3) is 0 Å². The number of amides is 1. The van der Waals surface area contributed by atoms with Gasteiger partial charge in [0.05, 0.1) is 30.9 Å². The number of hydrogen-bond acceptors (Lipinski definition) is 6. The van der Waals surface area contributed by atoms with Crippen molar-refractivity contribution in [3.05, 3.63) is 48.0 Å². The van der Waals surface area contributed by atoms with Gasteiger partial charge in [-0.05, 0) is 56.2 Å². The minimum atomic E-state index is -3.77. The zero-order valence-electron chi connectivity index (χ0n) is 16.7. The molecule has 2 aromatic rings. The molecule has 0 heterocycles. The molecule has 29 heavy (non-hydrogen) atoms. The van der Waals surface area contributed by atoms with E-state index in [1.54, 1.807) is 21.0 Å². The Hall–Kier alpha value is -2.78. The van der Waals surface area contributed by atoms with E-state index in [0.29, 0.717) is 18.8 Å². The molecule has 9 heteroatoms. The van der Waals surface area contributed by atoms with E-state index in [0.717, 1.165) is 11.3 Å². The highest BCUT2D eigenvalue weighted by molar-refractivity contribution is 7.89. The lowest BCUT2D eigenvalue weighted by atomic mass is 10.1. The second-order valence-corrected chi connectivity index (χ2v) is 7.70. The van der Waals surface area contributed by atoms with E-state index in [2.05, 4.69) is 10.0 Å². The predicted octanol–water partition coefficient (Wildman–Crippen LogP) is 3.18. The molecule has 2 aromatic carbocycles. The molecule has 158 valence electrons. The quantitative estimate of drug-likeness (QED) is 0.610. The Kier molecular flexibility index (Phi) is 8.29. The second kappa shape index (κ2) is 10.7. The maximum Gasteiger partial charge on any atom is 0.411 e. The van der Waals surface area contributed by atoms with Gasteiger partial charge in [0, 0.05) is 6.54 Å². The van der Waals surface area contributed by atoms with Crippen molar-refractivity contribution in [2.24, 2.45) is 0 Å². The van der Waals surface area contributed by atoms with E-state index in [-0.39, 0.29) is 23.7 Å². The van der Waals surface area contributed by atoms with Crippen LogP contribution in [-0.2, 0) is 21.2 Å². The topological polar surface area (TPSA) is 103 Å². The van der Waals surface area contributed by atoms with Crippen molar-refractivity contribution in [3.63, 3.8) is 0 Å². The van der Waals surface area contributed by atoms with Crippen LogP contribution in [0.2, 0.25) is 0 Å². The summed E-state index contributed by atoms with van der Waals surface area (Å²) in [5.74, 6) is 1.10. The van der Waals surface area contributed by atoms with Gasteiger partial charge in [-0.1, -0.05) is 12.1 Å². The molecule has 0 aromatic heterocycles. The van der Waals surface area contributed by atoms with E-state index < -0.39 is 16.1 Å². The average Bonchev–Trinajstić information content (AvgIpc) is 2.70. The highest BCUT2D eigenvalue weighted by Crippen LogP contribution is 2.28. The van der Waals surface area contributed by atoms with Gasteiger partial charge in [0.25, 0.3) is 0 Å². The highest BCUT2D eigenvalue weighted by atomic mass is 32.2. The first-order valence-electron chi connectivity index (χ1n) is 9.22. The summed E-state index contributed by atoms with van der Waals surface area (Å²) < 4.78 is 43.3. The summed E-state index contributed by atoms with van der Waals surface area (Å²) in [4.78, 5) is 11.8. The van der Waals surface area contributed by atoms with Crippen LogP contribution in [0.3, 0.4) is 0 Å². The number of carbonyl (C=O) groups is 1. The molecule has 0 saturated carbocycles. The van der Waals surface area contributed by atoms with E-state index in [9.17, 15) is 13.2 Å². The Morgan fingerprint density at radius 3 is 2.38 bits per heavy atom. The monoisotopic (exact) mass is 422 g/mol. The zero-order chi connectivity index (χ0) is 21.3. The smallest absolute Gasteiger partial charge is 0.411 e. The van der Waals surface area contributed by atoms with Crippen LogP contribution in [0, 0.1) is 0 Å². The van der Waals surface area contributed by atoms with Gasteiger partial charge >= 0.3 is 6.09 Å². The summed E-state index contributed by atoms with van der Waals surface area (Å²) >= 11 is 0. The van der Waals surface area contributed by atoms with Crippen LogP contribution in [0.1, 0.15) is 19.4 Å². The molecule has 0 radical (unpaired) electrons. The van der Waals surface area contributed by atoms with Gasteiger partial charge in [0.15, 0.2) is 0 Å². The molecule has 0 bridgehead atoms. The third kappa shape index (κ3) is 6.65. The second-order valence-electron chi connectivity index (χ2n) is 5.93. The van der Waals surface area contributed by atoms with Crippen molar-refractivity contribution in [1.82, 2.24) is 4.72 Å². The highest BCUT2D eigenvalue weighted by Gasteiger charge is 2.18. The van der Waals surface area contributed by atoms with Crippen molar-refractivity contribution in [1.29, 1.82) is 0 Å². The fourth-order valence-electron chi connectivity index (χ4n) is 2.54. The maximum absolute atomic E-state index is 12.6. The van der Waals surface area contributed by atoms with E-state index >= 15 is 0 Å². The van der Waals surface area contributed by atoms with Gasteiger partial charge in [-0.2, -0.15) is 0 Å². The van der Waals surface area contributed by atoms with Gasteiger partial charge in [-0.3, -0.25) is 5.32 Å². The first kappa shape index (κ1) is 22.5. The fraction of sp³-hybridized carbons (Fsp3) is 0.350. The zero-order valence-corrected chi connectivity index (χ0v) is 17.5. The van der Waals surface area contributed by atoms with Crippen molar-refractivity contribution < 1.29 is 27.4 Å². The number of carbonyl (C=O) groups excluding carboxylic acids is 1. The summed E-state index contributed by atoms with van der Waals surface area (Å²) in [6.45, 7) is 4.25. The number of benzene rings is 2. The lowest BCUT2D eigenvalue weighted by molar-refractivity contribution is 0.167. The number of anilines is 1. The van der Waals surface area contributed by atoms with Crippen LogP contribution in [0.4, 0.5) is 10.5 Å². The standard InChI is InChI=1S/C20H26N2O6S/c1-4-27-19-11-10-17(14-18(19)22-20(23)28-5-2)29(24,25)21-13-12-15-6-8-16(26-3)9-7-15/h6-11,14,21H,4-5,12-13H2,1-3H3,(H,22,23). The Bertz CT molecular complexity index is 913. The minimum absolute atomic E-state index is 0.0162. The summed E-state index contributed by atoms with van der Waals surface area (Å²) in [6, 6.07) is 11.7. The van der Waals surface area contributed by atoms with Crippen molar-refractivity contribution in [2.75, 3.05) is 32.2 Å². The maximum atomic E-state index is 12.6. The third-order valence-electron chi connectivity index (χ3n) is 3.94. The molecule has 2 rings (SSSR count). The van der Waals surface area contributed by atoms with Crippen LogP contribution in [-0.4, -0.2) is 41.4 Å². The molecule has 8 nitrogen and oxygen atoms in total. The molecule has 0 spiro atoms. The van der Waals surface area contributed by atoms with E-state index in [1.807, 2.05) is 24.3 Å². The number of nitrogens with one attached hydrogen (secondary N) is 2.